The maximum Gasteiger partial charge on any atom is 0.123 e. The molecule has 0 aliphatic carbocycles. The number of hydrogen-bond donors (Lipinski definition) is 1. The van der Waals surface area contributed by atoms with Gasteiger partial charge in [-0.2, -0.15) is 0 Å². The molecule has 1 atom stereocenters. The van der Waals surface area contributed by atoms with Gasteiger partial charge in [-0.05, 0) is 54.8 Å². The Morgan fingerprint density at radius 3 is 2.22 bits per heavy atom. The molecular formula is C15H15BrFN. The van der Waals surface area contributed by atoms with Gasteiger partial charge in [0.2, 0.25) is 0 Å². The second-order valence-electron chi connectivity index (χ2n) is 4.73. The monoisotopic (exact) mass is 307 g/mol. The number of benzene rings is 2. The van der Waals surface area contributed by atoms with Crippen LogP contribution in [0.1, 0.15) is 23.6 Å². The van der Waals surface area contributed by atoms with Gasteiger partial charge in [-0.1, -0.05) is 34.1 Å². The molecule has 18 heavy (non-hydrogen) atoms. The molecule has 2 N–H and O–H groups in total. The summed E-state index contributed by atoms with van der Waals surface area (Å²) in [7, 11) is 0. The molecule has 0 saturated heterocycles. The van der Waals surface area contributed by atoms with Gasteiger partial charge in [0, 0.05) is 4.47 Å². The molecule has 1 unspecified atom stereocenters. The lowest BCUT2D eigenvalue weighted by molar-refractivity contribution is 0.580. The summed E-state index contributed by atoms with van der Waals surface area (Å²) in [5.74, 6) is -0.251. The Morgan fingerprint density at radius 1 is 1.06 bits per heavy atom. The molecule has 0 aromatic heterocycles. The second-order valence-corrected chi connectivity index (χ2v) is 5.64. The van der Waals surface area contributed by atoms with Gasteiger partial charge >= 0.3 is 0 Å². The number of aryl methyl sites for hydroxylation is 1. The average Bonchev–Trinajstić information content (AvgIpc) is 2.28. The Bertz CT molecular complexity index is 541. The predicted octanol–water partition coefficient (Wildman–Crippen LogP) is 4.12. The lowest BCUT2D eigenvalue weighted by Gasteiger charge is -2.26. The van der Waals surface area contributed by atoms with Crippen LogP contribution in [0.4, 0.5) is 4.39 Å². The third kappa shape index (κ3) is 2.62. The van der Waals surface area contributed by atoms with Gasteiger partial charge in [0.15, 0.2) is 0 Å². The Morgan fingerprint density at radius 2 is 1.67 bits per heavy atom. The maximum atomic E-state index is 13.5. The van der Waals surface area contributed by atoms with Crippen LogP contribution >= 0.6 is 15.9 Å². The van der Waals surface area contributed by atoms with Gasteiger partial charge in [0.1, 0.15) is 5.82 Å². The highest BCUT2D eigenvalue weighted by Gasteiger charge is 2.24. The first-order valence-electron chi connectivity index (χ1n) is 5.72. The Labute approximate surface area is 115 Å². The predicted molar refractivity (Wildman–Crippen MR) is 75.9 cm³/mol. The smallest absolute Gasteiger partial charge is 0.123 e. The van der Waals surface area contributed by atoms with Crippen molar-refractivity contribution in [2.24, 2.45) is 5.73 Å². The van der Waals surface area contributed by atoms with Crippen LogP contribution in [0.15, 0.2) is 46.9 Å². The van der Waals surface area contributed by atoms with E-state index in [2.05, 4.69) is 15.9 Å². The van der Waals surface area contributed by atoms with Crippen molar-refractivity contribution in [2.45, 2.75) is 19.4 Å². The van der Waals surface area contributed by atoms with Crippen molar-refractivity contribution in [3.8, 4) is 0 Å². The normalized spacial score (nSPS) is 14.3. The largest absolute Gasteiger partial charge is 0.318 e. The quantitative estimate of drug-likeness (QED) is 0.887. The molecular weight excluding hydrogens is 293 g/mol. The van der Waals surface area contributed by atoms with E-state index in [1.807, 2.05) is 44.2 Å². The van der Waals surface area contributed by atoms with Crippen molar-refractivity contribution in [1.82, 2.24) is 0 Å². The summed E-state index contributed by atoms with van der Waals surface area (Å²) in [5.41, 5.74) is 8.27. The summed E-state index contributed by atoms with van der Waals surface area (Å²) < 4.78 is 14.5. The SMILES string of the molecule is Cc1cc(F)cc(C(C)(N)c2ccc(Br)cc2)c1. The topological polar surface area (TPSA) is 26.0 Å². The zero-order valence-corrected chi connectivity index (χ0v) is 12.0. The summed E-state index contributed by atoms with van der Waals surface area (Å²) >= 11 is 3.39. The Balaban J connectivity index is 2.49. The second kappa shape index (κ2) is 4.82. The molecule has 0 saturated carbocycles. The zero-order chi connectivity index (χ0) is 13.3. The third-order valence-corrected chi connectivity index (χ3v) is 3.61. The fourth-order valence-electron chi connectivity index (χ4n) is 2.00. The third-order valence-electron chi connectivity index (χ3n) is 3.09. The van der Waals surface area contributed by atoms with E-state index in [1.54, 1.807) is 0 Å². The van der Waals surface area contributed by atoms with E-state index in [-0.39, 0.29) is 5.82 Å². The van der Waals surface area contributed by atoms with Gasteiger partial charge in [0.25, 0.3) is 0 Å². The van der Waals surface area contributed by atoms with Crippen molar-refractivity contribution in [1.29, 1.82) is 0 Å². The van der Waals surface area contributed by atoms with Gasteiger partial charge < -0.3 is 5.73 Å². The molecule has 2 rings (SSSR count). The van der Waals surface area contributed by atoms with Crippen LogP contribution in [0.5, 0.6) is 0 Å². The van der Waals surface area contributed by atoms with Crippen LogP contribution in [0.3, 0.4) is 0 Å². The minimum absolute atomic E-state index is 0.251. The molecule has 0 bridgehead atoms. The van der Waals surface area contributed by atoms with Crippen molar-refractivity contribution < 1.29 is 4.39 Å². The number of halogens is 2. The molecule has 0 spiro atoms. The molecule has 2 aromatic carbocycles. The zero-order valence-electron chi connectivity index (χ0n) is 10.4. The van der Waals surface area contributed by atoms with E-state index in [0.717, 1.165) is 21.2 Å². The minimum atomic E-state index is -0.701. The van der Waals surface area contributed by atoms with E-state index in [9.17, 15) is 4.39 Å². The molecule has 0 radical (unpaired) electrons. The molecule has 0 heterocycles. The fraction of sp³-hybridized carbons (Fsp3) is 0.200. The summed E-state index contributed by atoms with van der Waals surface area (Å²) in [6.45, 7) is 3.76. The molecule has 0 aliphatic heterocycles. The van der Waals surface area contributed by atoms with Crippen LogP contribution in [0.2, 0.25) is 0 Å². The highest BCUT2D eigenvalue weighted by molar-refractivity contribution is 9.10. The first kappa shape index (κ1) is 13.2. The van der Waals surface area contributed by atoms with Crippen molar-refractivity contribution in [3.05, 3.63) is 69.4 Å². The first-order valence-corrected chi connectivity index (χ1v) is 6.51. The van der Waals surface area contributed by atoms with Crippen LogP contribution < -0.4 is 5.73 Å². The van der Waals surface area contributed by atoms with E-state index < -0.39 is 5.54 Å². The minimum Gasteiger partial charge on any atom is -0.318 e. The summed E-state index contributed by atoms with van der Waals surface area (Å²) in [4.78, 5) is 0. The molecule has 3 heteroatoms. The fourth-order valence-corrected chi connectivity index (χ4v) is 2.26. The number of hydrogen-bond acceptors (Lipinski definition) is 1. The van der Waals surface area contributed by atoms with Gasteiger partial charge in [0.05, 0.1) is 5.54 Å². The average molecular weight is 308 g/mol. The summed E-state index contributed by atoms with van der Waals surface area (Å²) in [5, 5.41) is 0. The van der Waals surface area contributed by atoms with Gasteiger partial charge in [-0.3, -0.25) is 0 Å². The Hall–Kier alpha value is -1.19. The highest BCUT2D eigenvalue weighted by Crippen LogP contribution is 2.28. The van der Waals surface area contributed by atoms with E-state index in [0.29, 0.717) is 0 Å². The van der Waals surface area contributed by atoms with Crippen molar-refractivity contribution >= 4 is 15.9 Å². The standard InChI is InChI=1S/C15H15BrFN/c1-10-7-12(9-14(17)8-10)15(2,18)11-3-5-13(16)6-4-11/h3-9H,18H2,1-2H3. The van der Waals surface area contributed by atoms with Gasteiger partial charge in [-0.25, -0.2) is 4.39 Å². The molecule has 94 valence electrons. The van der Waals surface area contributed by atoms with Crippen LogP contribution in [0, 0.1) is 12.7 Å². The number of rotatable bonds is 2. The summed E-state index contributed by atoms with van der Waals surface area (Å²) in [6, 6.07) is 12.7. The Kier molecular flexibility index (Phi) is 3.55. The molecule has 0 amide bonds. The van der Waals surface area contributed by atoms with Crippen molar-refractivity contribution in [2.75, 3.05) is 0 Å². The summed E-state index contributed by atoms with van der Waals surface area (Å²) in [6.07, 6.45) is 0. The lowest BCUT2D eigenvalue weighted by Crippen LogP contribution is -2.34. The molecule has 1 nitrogen and oxygen atoms in total. The molecule has 0 fully saturated rings. The van der Waals surface area contributed by atoms with Crippen LogP contribution in [-0.4, -0.2) is 0 Å². The van der Waals surface area contributed by atoms with Gasteiger partial charge in [-0.15, -0.1) is 0 Å². The van der Waals surface area contributed by atoms with Crippen LogP contribution in [-0.2, 0) is 5.54 Å². The highest BCUT2D eigenvalue weighted by atomic mass is 79.9. The lowest BCUT2D eigenvalue weighted by atomic mass is 9.85. The first-order chi connectivity index (χ1) is 8.39. The molecule has 0 aliphatic rings. The van der Waals surface area contributed by atoms with Crippen LogP contribution in [0.25, 0.3) is 0 Å². The van der Waals surface area contributed by atoms with E-state index in [4.69, 9.17) is 5.73 Å². The molecule has 2 aromatic rings. The van der Waals surface area contributed by atoms with E-state index in [1.165, 1.54) is 12.1 Å². The van der Waals surface area contributed by atoms with Crippen molar-refractivity contribution in [3.63, 3.8) is 0 Å². The maximum absolute atomic E-state index is 13.5. The number of nitrogens with two attached hydrogens (primary N) is 1. The van der Waals surface area contributed by atoms with E-state index >= 15 is 0 Å².